The standard InChI is InChI=1S/C9H12N2O2S/c1-11-5-6(4-8(10)14)3-7(11)9(12)13-2/h3,5H,4H2,1-2H3,(H2,10,14). The molecule has 2 N–H and O–H groups in total. The van der Waals surface area contributed by atoms with E-state index >= 15 is 0 Å². The molecular weight excluding hydrogens is 200 g/mol. The molecule has 0 spiro atoms. The highest BCUT2D eigenvalue weighted by atomic mass is 32.1. The molecule has 76 valence electrons. The predicted molar refractivity (Wildman–Crippen MR) is 57.2 cm³/mol. The van der Waals surface area contributed by atoms with Crippen molar-refractivity contribution in [2.75, 3.05) is 7.11 Å². The van der Waals surface area contributed by atoms with Gasteiger partial charge in [0.1, 0.15) is 5.69 Å². The van der Waals surface area contributed by atoms with Crippen LogP contribution in [0.2, 0.25) is 0 Å². The van der Waals surface area contributed by atoms with Gasteiger partial charge in [-0.2, -0.15) is 0 Å². The van der Waals surface area contributed by atoms with Crippen molar-refractivity contribution in [2.24, 2.45) is 12.8 Å². The summed E-state index contributed by atoms with van der Waals surface area (Å²) in [6.07, 6.45) is 2.31. The van der Waals surface area contributed by atoms with E-state index in [9.17, 15) is 4.79 Å². The second-order valence-electron chi connectivity index (χ2n) is 2.98. The molecule has 1 heterocycles. The number of ether oxygens (including phenoxy) is 1. The van der Waals surface area contributed by atoms with Gasteiger partial charge in [0.15, 0.2) is 0 Å². The average molecular weight is 212 g/mol. The molecule has 0 amide bonds. The Morgan fingerprint density at radius 1 is 1.71 bits per heavy atom. The number of aromatic nitrogens is 1. The molecule has 1 aromatic rings. The second-order valence-corrected chi connectivity index (χ2v) is 3.50. The Labute approximate surface area is 87.6 Å². The van der Waals surface area contributed by atoms with Crippen molar-refractivity contribution in [3.63, 3.8) is 0 Å². The first-order valence-corrected chi connectivity index (χ1v) is 4.47. The van der Waals surface area contributed by atoms with Crippen molar-refractivity contribution in [1.29, 1.82) is 0 Å². The second kappa shape index (κ2) is 4.23. The van der Waals surface area contributed by atoms with Crippen LogP contribution in [-0.4, -0.2) is 22.6 Å². The van der Waals surface area contributed by atoms with Gasteiger partial charge >= 0.3 is 5.97 Å². The van der Waals surface area contributed by atoms with Crippen LogP contribution in [0.1, 0.15) is 16.1 Å². The van der Waals surface area contributed by atoms with E-state index in [1.54, 1.807) is 17.7 Å². The minimum absolute atomic E-state index is 0.360. The predicted octanol–water partition coefficient (Wildman–Crippen LogP) is 0.640. The maximum atomic E-state index is 11.2. The van der Waals surface area contributed by atoms with Crippen LogP contribution in [0.5, 0.6) is 0 Å². The molecule has 4 nitrogen and oxygen atoms in total. The van der Waals surface area contributed by atoms with Crippen LogP contribution in [0.15, 0.2) is 12.3 Å². The van der Waals surface area contributed by atoms with Gasteiger partial charge < -0.3 is 15.0 Å². The van der Waals surface area contributed by atoms with Crippen LogP contribution >= 0.6 is 12.2 Å². The van der Waals surface area contributed by atoms with Gasteiger partial charge in [-0.05, 0) is 11.6 Å². The van der Waals surface area contributed by atoms with Crippen LogP contribution < -0.4 is 5.73 Å². The molecule has 0 aliphatic heterocycles. The minimum Gasteiger partial charge on any atom is -0.464 e. The van der Waals surface area contributed by atoms with Crippen LogP contribution in [0.4, 0.5) is 0 Å². The van der Waals surface area contributed by atoms with Gasteiger partial charge in [-0.3, -0.25) is 0 Å². The number of esters is 1. The summed E-state index contributed by atoms with van der Waals surface area (Å²) in [5.41, 5.74) is 6.81. The first-order chi connectivity index (χ1) is 6.54. The lowest BCUT2D eigenvalue weighted by atomic mass is 10.2. The Hall–Kier alpha value is -1.36. The molecular formula is C9H12N2O2S. The molecule has 0 radical (unpaired) electrons. The van der Waals surface area contributed by atoms with Gasteiger partial charge in [0, 0.05) is 19.7 Å². The summed E-state index contributed by atoms with van der Waals surface area (Å²) in [6.45, 7) is 0. The highest BCUT2D eigenvalue weighted by Gasteiger charge is 2.11. The number of carbonyl (C=O) groups excluding carboxylic acids is 1. The molecule has 0 aromatic carbocycles. The van der Waals surface area contributed by atoms with Crippen molar-refractivity contribution in [3.8, 4) is 0 Å². The largest absolute Gasteiger partial charge is 0.464 e. The number of carbonyl (C=O) groups is 1. The van der Waals surface area contributed by atoms with E-state index in [1.807, 2.05) is 6.20 Å². The number of methoxy groups -OCH3 is 1. The monoisotopic (exact) mass is 212 g/mol. The van der Waals surface area contributed by atoms with Crippen molar-refractivity contribution in [2.45, 2.75) is 6.42 Å². The van der Waals surface area contributed by atoms with Crippen molar-refractivity contribution in [3.05, 3.63) is 23.5 Å². The fourth-order valence-electron chi connectivity index (χ4n) is 1.24. The normalized spacial score (nSPS) is 9.86. The summed E-state index contributed by atoms with van der Waals surface area (Å²) in [4.78, 5) is 11.6. The zero-order valence-corrected chi connectivity index (χ0v) is 8.93. The molecule has 5 heteroatoms. The lowest BCUT2D eigenvalue weighted by Crippen LogP contribution is -2.10. The van der Waals surface area contributed by atoms with E-state index in [1.165, 1.54) is 7.11 Å². The molecule has 0 bridgehead atoms. The Balaban J connectivity index is 2.93. The Morgan fingerprint density at radius 3 is 2.86 bits per heavy atom. The summed E-state index contributed by atoms with van der Waals surface area (Å²) in [5, 5.41) is 0. The third-order valence-electron chi connectivity index (χ3n) is 1.83. The third-order valence-corrected chi connectivity index (χ3v) is 1.98. The van der Waals surface area contributed by atoms with Gasteiger partial charge in [0.05, 0.1) is 12.1 Å². The maximum Gasteiger partial charge on any atom is 0.354 e. The maximum absolute atomic E-state index is 11.2. The topological polar surface area (TPSA) is 57.2 Å². The number of hydrogen-bond donors (Lipinski definition) is 1. The smallest absolute Gasteiger partial charge is 0.354 e. The van der Waals surface area contributed by atoms with Gasteiger partial charge in [-0.25, -0.2) is 4.79 Å². The Kier molecular flexibility index (Phi) is 3.24. The van der Waals surface area contributed by atoms with E-state index in [0.717, 1.165) is 5.56 Å². The summed E-state index contributed by atoms with van der Waals surface area (Å²) in [5.74, 6) is -0.360. The number of thiocarbonyl (C=S) groups is 1. The molecule has 0 aliphatic carbocycles. The fourth-order valence-corrected chi connectivity index (χ4v) is 1.40. The molecule has 0 saturated heterocycles. The van der Waals surface area contributed by atoms with Crippen LogP contribution in [-0.2, 0) is 18.2 Å². The van der Waals surface area contributed by atoms with Gasteiger partial charge in [-0.15, -0.1) is 0 Å². The van der Waals surface area contributed by atoms with E-state index in [0.29, 0.717) is 17.1 Å². The lowest BCUT2D eigenvalue weighted by Gasteiger charge is -1.98. The fraction of sp³-hybridized carbons (Fsp3) is 0.333. The molecule has 0 atom stereocenters. The van der Waals surface area contributed by atoms with Crippen LogP contribution in [0.3, 0.4) is 0 Å². The number of hydrogen-bond acceptors (Lipinski definition) is 3. The number of rotatable bonds is 3. The molecule has 1 aromatic heterocycles. The molecule has 0 aliphatic rings. The van der Waals surface area contributed by atoms with Crippen LogP contribution in [0, 0.1) is 0 Å². The van der Waals surface area contributed by atoms with E-state index in [4.69, 9.17) is 18.0 Å². The average Bonchev–Trinajstić information content (AvgIpc) is 2.44. The zero-order chi connectivity index (χ0) is 10.7. The highest BCUT2D eigenvalue weighted by Crippen LogP contribution is 2.09. The lowest BCUT2D eigenvalue weighted by molar-refractivity contribution is 0.0590. The minimum atomic E-state index is -0.360. The SMILES string of the molecule is COC(=O)c1cc(CC(N)=S)cn1C. The molecule has 1 rings (SSSR count). The Bertz CT molecular complexity index is 371. The highest BCUT2D eigenvalue weighted by molar-refractivity contribution is 7.80. The first-order valence-electron chi connectivity index (χ1n) is 4.06. The summed E-state index contributed by atoms with van der Waals surface area (Å²) in [6, 6.07) is 1.73. The molecule has 14 heavy (non-hydrogen) atoms. The van der Waals surface area contributed by atoms with Gasteiger partial charge in [0.25, 0.3) is 0 Å². The first kappa shape index (κ1) is 10.7. The molecule has 0 saturated carbocycles. The summed E-state index contributed by atoms with van der Waals surface area (Å²) in [7, 11) is 3.12. The quantitative estimate of drug-likeness (QED) is 0.590. The number of nitrogens with zero attached hydrogens (tertiary/aromatic N) is 1. The summed E-state index contributed by atoms with van der Waals surface area (Å²) >= 11 is 4.78. The van der Waals surface area contributed by atoms with Gasteiger partial charge in [0.2, 0.25) is 0 Å². The van der Waals surface area contributed by atoms with Crippen molar-refractivity contribution in [1.82, 2.24) is 4.57 Å². The number of nitrogens with two attached hydrogens (primary N) is 1. The summed E-state index contributed by atoms with van der Waals surface area (Å²) < 4.78 is 6.31. The van der Waals surface area contributed by atoms with E-state index < -0.39 is 0 Å². The van der Waals surface area contributed by atoms with E-state index in [2.05, 4.69) is 4.74 Å². The van der Waals surface area contributed by atoms with Gasteiger partial charge in [-0.1, -0.05) is 12.2 Å². The van der Waals surface area contributed by atoms with Crippen LogP contribution in [0.25, 0.3) is 0 Å². The van der Waals surface area contributed by atoms with Crippen molar-refractivity contribution < 1.29 is 9.53 Å². The van der Waals surface area contributed by atoms with Crippen molar-refractivity contribution >= 4 is 23.2 Å². The molecule has 0 unspecified atom stereocenters. The number of aryl methyl sites for hydroxylation is 1. The Morgan fingerprint density at radius 2 is 2.36 bits per heavy atom. The zero-order valence-electron chi connectivity index (χ0n) is 8.11. The third kappa shape index (κ3) is 2.32. The molecule has 0 fully saturated rings. The van der Waals surface area contributed by atoms with E-state index in [-0.39, 0.29) is 5.97 Å².